The van der Waals surface area contributed by atoms with Gasteiger partial charge >= 0.3 is 5.97 Å². The number of thiophene rings is 1. The third-order valence-corrected chi connectivity index (χ3v) is 7.61. The molecule has 0 aliphatic carbocycles. The van der Waals surface area contributed by atoms with Gasteiger partial charge in [0, 0.05) is 13.1 Å². The number of hydrogen-bond acceptors (Lipinski definition) is 4. The Kier molecular flexibility index (Phi) is 4.34. The number of nitrogens with zero attached hydrogens (tertiary/aromatic N) is 1. The first-order valence-electron chi connectivity index (χ1n) is 5.81. The summed E-state index contributed by atoms with van der Waals surface area (Å²) >= 11 is 4.47. The molecule has 1 fully saturated rings. The van der Waals surface area contributed by atoms with Crippen LogP contribution in [0.15, 0.2) is 14.1 Å². The van der Waals surface area contributed by atoms with E-state index in [1.165, 1.54) is 4.31 Å². The lowest BCUT2D eigenvalue weighted by atomic mass is 10.0. The van der Waals surface area contributed by atoms with Crippen LogP contribution in [0.4, 0.5) is 0 Å². The van der Waals surface area contributed by atoms with Crippen molar-refractivity contribution in [1.82, 2.24) is 4.31 Å². The van der Waals surface area contributed by atoms with Crippen molar-refractivity contribution in [1.29, 1.82) is 0 Å². The Morgan fingerprint density at radius 3 is 2.79 bits per heavy atom. The highest BCUT2D eigenvalue weighted by Gasteiger charge is 2.34. The number of carbonyl (C=O) groups is 1. The zero-order valence-corrected chi connectivity index (χ0v) is 13.5. The maximum Gasteiger partial charge on any atom is 0.307 e. The second kappa shape index (κ2) is 5.51. The Balaban J connectivity index is 2.26. The van der Waals surface area contributed by atoms with Gasteiger partial charge in [0.15, 0.2) is 0 Å². The summed E-state index contributed by atoms with van der Waals surface area (Å²) in [5, 5.41) is 9.01. The van der Waals surface area contributed by atoms with E-state index in [1.54, 1.807) is 6.07 Å². The van der Waals surface area contributed by atoms with E-state index in [9.17, 15) is 13.2 Å². The molecule has 19 heavy (non-hydrogen) atoms. The summed E-state index contributed by atoms with van der Waals surface area (Å²) in [5.41, 5.74) is 0.871. The second-order valence-corrected chi connectivity index (χ2v) is 9.10. The molecule has 2 rings (SSSR count). The molecule has 1 aromatic rings. The molecule has 1 N–H and O–H groups in total. The summed E-state index contributed by atoms with van der Waals surface area (Å²) in [6.07, 6.45) is 1.12. The molecular weight excluding hydrogens is 354 g/mol. The molecule has 0 radical (unpaired) electrons. The van der Waals surface area contributed by atoms with Crippen molar-refractivity contribution in [3.05, 3.63) is 15.4 Å². The quantitative estimate of drug-likeness (QED) is 0.889. The molecule has 0 aromatic carbocycles. The minimum atomic E-state index is -3.57. The second-order valence-electron chi connectivity index (χ2n) is 4.56. The van der Waals surface area contributed by atoms with Gasteiger partial charge in [-0.1, -0.05) is 0 Å². The molecule has 0 unspecified atom stereocenters. The van der Waals surface area contributed by atoms with Gasteiger partial charge in [-0.3, -0.25) is 4.79 Å². The van der Waals surface area contributed by atoms with Crippen LogP contribution in [0.5, 0.6) is 0 Å². The maximum absolute atomic E-state index is 12.4. The van der Waals surface area contributed by atoms with Crippen molar-refractivity contribution < 1.29 is 18.3 Å². The molecule has 0 saturated carbocycles. The molecular formula is C11H14BrNO4S2. The Morgan fingerprint density at radius 2 is 2.26 bits per heavy atom. The molecule has 1 atom stereocenters. The highest BCUT2D eigenvalue weighted by molar-refractivity contribution is 9.11. The first kappa shape index (κ1) is 15.0. The number of aryl methyl sites for hydroxylation is 1. The van der Waals surface area contributed by atoms with E-state index in [-0.39, 0.29) is 10.8 Å². The molecule has 0 amide bonds. The average molecular weight is 368 g/mol. The smallest absolute Gasteiger partial charge is 0.307 e. The molecule has 2 heterocycles. The van der Waals surface area contributed by atoms with Crippen molar-refractivity contribution in [3.63, 3.8) is 0 Å². The summed E-state index contributed by atoms with van der Waals surface area (Å²) in [7, 11) is -3.57. The van der Waals surface area contributed by atoms with Crippen molar-refractivity contribution in [3.8, 4) is 0 Å². The first-order valence-corrected chi connectivity index (χ1v) is 8.86. The fourth-order valence-electron chi connectivity index (χ4n) is 2.05. The Morgan fingerprint density at radius 1 is 1.58 bits per heavy atom. The SMILES string of the molecule is Cc1cc(S(=O)(=O)N2CCC[C@H](C(=O)O)C2)sc1Br. The fraction of sp³-hybridized carbons (Fsp3) is 0.545. The number of carboxylic acid groups (broad SMARTS) is 1. The predicted octanol–water partition coefficient (Wildman–Crippen LogP) is 2.30. The van der Waals surface area contributed by atoms with Gasteiger partial charge in [0.2, 0.25) is 0 Å². The third kappa shape index (κ3) is 3.01. The van der Waals surface area contributed by atoms with Gasteiger partial charge in [-0.25, -0.2) is 8.42 Å². The van der Waals surface area contributed by atoms with Gasteiger partial charge in [0.1, 0.15) is 4.21 Å². The number of aliphatic carboxylic acids is 1. The zero-order chi connectivity index (χ0) is 14.2. The van der Waals surface area contributed by atoms with Gasteiger partial charge in [-0.05, 0) is 47.3 Å². The van der Waals surface area contributed by atoms with E-state index >= 15 is 0 Å². The summed E-state index contributed by atoms with van der Waals surface area (Å²) in [6.45, 7) is 2.28. The Labute approximate surface area is 124 Å². The van der Waals surface area contributed by atoms with Crippen molar-refractivity contribution in [2.45, 2.75) is 24.0 Å². The van der Waals surface area contributed by atoms with E-state index in [0.29, 0.717) is 19.4 Å². The normalized spacial score (nSPS) is 21.5. The number of rotatable bonds is 3. The van der Waals surface area contributed by atoms with Crippen molar-refractivity contribution in [2.24, 2.45) is 5.92 Å². The summed E-state index contributed by atoms with van der Waals surface area (Å²) in [5.74, 6) is -1.53. The van der Waals surface area contributed by atoms with E-state index in [4.69, 9.17) is 5.11 Å². The molecule has 0 spiro atoms. The summed E-state index contributed by atoms with van der Waals surface area (Å²) in [6, 6.07) is 1.62. The molecule has 1 aliphatic heterocycles. The van der Waals surface area contributed by atoms with E-state index in [1.807, 2.05) is 6.92 Å². The Hall–Kier alpha value is -0.440. The molecule has 106 valence electrons. The zero-order valence-electron chi connectivity index (χ0n) is 10.3. The minimum absolute atomic E-state index is 0.0617. The molecule has 1 aliphatic rings. The van der Waals surface area contributed by atoms with Crippen LogP contribution in [0.1, 0.15) is 18.4 Å². The number of piperidine rings is 1. The predicted molar refractivity (Wildman–Crippen MR) is 75.9 cm³/mol. The molecule has 1 aromatic heterocycles. The molecule has 5 nitrogen and oxygen atoms in total. The lowest BCUT2D eigenvalue weighted by molar-refractivity contribution is -0.142. The van der Waals surface area contributed by atoms with E-state index in [0.717, 1.165) is 20.7 Å². The van der Waals surface area contributed by atoms with Gasteiger partial charge in [-0.2, -0.15) is 4.31 Å². The average Bonchev–Trinajstić information content (AvgIpc) is 2.70. The topological polar surface area (TPSA) is 74.7 Å². The molecule has 8 heteroatoms. The van der Waals surface area contributed by atoms with Crippen LogP contribution in [0.25, 0.3) is 0 Å². The van der Waals surface area contributed by atoms with Crippen molar-refractivity contribution >= 4 is 43.3 Å². The van der Waals surface area contributed by atoms with Crippen LogP contribution in [-0.4, -0.2) is 36.9 Å². The highest BCUT2D eigenvalue weighted by atomic mass is 79.9. The van der Waals surface area contributed by atoms with Crippen LogP contribution >= 0.6 is 27.3 Å². The number of halogens is 1. The van der Waals surface area contributed by atoms with Gasteiger partial charge in [0.05, 0.1) is 9.70 Å². The highest BCUT2D eigenvalue weighted by Crippen LogP contribution is 2.33. The number of sulfonamides is 1. The maximum atomic E-state index is 12.4. The van der Waals surface area contributed by atoms with Gasteiger partial charge in [0.25, 0.3) is 10.0 Å². The minimum Gasteiger partial charge on any atom is -0.481 e. The van der Waals surface area contributed by atoms with Gasteiger partial charge < -0.3 is 5.11 Å². The summed E-state index contributed by atoms with van der Waals surface area (Å²) in [4.78, 5) is 11.0. The Bertz CT molecular complexity index is 576. The van der Waals surface area contributed by atoms with Crippen LogP contribution in [0.3, 0.4) is 0 Å². The lowest BCUT2D eigenvalue weighted by Crippen LogP contribution is -2.42. The largest absolute Gasteiger partial charge is 0.481 e. The van der Waals surface area contributed by atoms with Crippen molar-refractivity contribution in [2.75, 3.05) is 13.1 Å². The monoisotopic (exact) mass is 367 g/mol. The standard InChI is InChI=1S/C11H14BrNO4S2/c1-7-5-9(18-10(7)12)19(16,17)13-4-2-3-8(6-13)11(14)15/h5,8H,2-4,6H2,1H3,(H,14,15)/t8-/m0/s1. The van der Waals surface area contributed by atoms with Crippen LogP contribution in [0, 0.1) is 12.8 Å². The summed E-state index contributed by atoms with van der Waals surface area (Å²) < 4.78 is 27.2. The number of carboxylic acids is 1. The molecule has 0 bridgehead atoms. The lowest BCUT2D eigenvalue weighted by Gasteiger charge is -2.29. The van der Waals surface area contributed by atoms with Crippen LogP contribution in [0.2, 0.25) is 0 Å². The van der Waals surface area contributed by atoms with E-state index in [2.05, 4.69) is 15.9 Å². The first-order chi connectivity index (χ1) is 8.82. The number of hydrogen-bond donors (Lipinski definition) is 1. The van der Waals surface area contributed by atoms with Crippen LogP contribution in [-0.2, 0) is 14.8 Å². The third-order valence-electron chi connectivity index (χ3n) is 3.16. The van der Waals surface area contributed by atoms with E-state index < -0.39 is 21.9 Å². The van der Waals surface area contributed by atoms with Gasteiger partial charge in [-0.15, -0.1) is 11.3 Å². The fourth-order valence-corrected chi connectivity index (χ4v) is 5.95. The molecule has 1 saturated heterocycles. The van der Waals surface area contributed by atoms with Crippen LogP contribution < -0.4 is 0 Å².